The average Bonchev–Trinajstić information content (AvgIpc) is 3.29. The van der Waals surface area contributed by atoms with Crippen LogP contribution in [0.3, 0.4) is 0 Å². The van der Waals surface area contributed by atoms with Gasteiger partial charge >= 0.3 is 18.1 Å². The summed E-state index contributed by atoms with van der Waals surface area (Å²) in [6.45, 7) is 3.37. The van der Waals surface area contributed by atoms with Gasteiger partial charge in [0.25, 0.3) is 0 Å². The molecule has 0 aliphatic carbocycles. The smallest absolute Gasteiger partial charge is 0.433 e. The van der Waals surface area contributed by atoms with Gasteiger partial charge in [-0.3, -0.25) is 4.79 Å². The predicted octanol–water partition coefficient (Wildman–Crippen LogP) is 5.09. The van der Waals surface area contributed by atoms with Gasteiger partial charge in [-0.25, -0.2) is 28.0 Å². The standard InChI is InChI=1S/C27H28F3N3O8S2/c1-5-12-41-24(35)21-15(2)22(25(36)40-4)42-23(21)33-20(34)11-8-13-43(37,38)26-31-17(14-19(32-26)27(28,29)30)16-9-6-7-10-18(16)39-3/h6-7,9-10,14H,5,8,11-13H2,1-4H3,(H,33,34). The summed E-state index contributed by atoms with van der Waals surface area (Å²) in [6, 6.07) is 6.64. The molecular formula is C27H28F3N3O8S2. The maximum Gasteiger partial charge on any atom is 0.433 e. The fourth-order valence-corrected chi connectivity index (χ4v) is 6.12. The molecule has 0 aliphatic rings. The van der Waals surface area contributed by atoms with Crippen LogP contribution in [0.25, 0.3) is 11.3 Å². The van der Waals surface area contributed by atoms with Crippen LogP contribution in [0.5, 0.6) is 5.75 Å². The number of halogens is 3. The van der Waals surface area contributed by atoms with E-state index in [2.05, 4.69) is 15.3 Å². The number of ether oxygens (including phenoxy) is 3. The Kier molecular flexibility index (Phi) is 10.9. The van der Waals surface area contributed by atoms with E-state index in [1.165, 1.54) is 32.2 Å². The molecule has 0 spiro atoms. The lowest BCUT2D eigenvalue weighted by Crippen LogP contribution is -2.19. The topological polar surface area (TPSA) is 151 Å². The molecule has 16 heteroatoms. The zero-order valence-electron chi connectivity index (χ0n) is 23.5. The van der Waals surface area contributed by atoms with Crippen molar-refractivity contribution in [3.8, 4) is 17.0 Å². The number of para-hydroxylation sites is 1. The Morgan fingerprint density at radius 3 is 2.40 bits per heavy atom. The number of thiophene rings is 1. The number of amides is 1. The van der Waals surface area contributed by atoms with Gasteiger partial charge in [0.05, 0.1) is 37.8 Å². The Morgan fingerprint density at radius 2 is 1.77 bits per heavy atom. The summed E-state index contributed by atoms with van der Waals surface area (Å²) in [5, 5.41) is 1.44. The van der Waals surface area contributed by atoms with Gasteiger partial charge in [0, 0.05) is 12.0 Å². The van der Waals surface area contributed by atoms with Crippen LogP contribution in [-0.4, -0.2) is 62.8 Å². The van der Waals surface area contributed by atoms with Gasteiger partial charge in [-0.15, -0.1) is 11.3 Å². The zero-order chi connectivity index (χ0) is 31.9. The van der Waals surface area contributed by atoms with Crippen molar-refractivity contribution in [3.63, 3.8) is 0 Å². The first kappa shape index (κ1) is 33.5. The van der Waals surface area contributed by atoms with Crippen LogP contribution < -0.4 is 10.1 Å². The lowest BCUT2D eigenvalue weighted by Gasteiger charge is -2.13. The highest BCUT2D eigenvalue weighted by atomic mass is 32.2. The number of aromatic nitrogens is 2. The highest BCUT2D eigenvalue weighted by molar-refractivity contribution is 7.91. The number of anilines is 1. The number of rotatable bonds is 12. The molecule has 0 fully saturated rings. The third kappa shape index (κ3) is 8.07. The van der Waals surface area contributed by atoms with Crippen LogP contribution in [0.4, 0.5) is 18.2 Å². The van der Waals surface area contributed by atoms with Gasteiger partial charge in [-0.1, -0.05) is 19.1 Å². The van der Waals surface area contributed by atoms with E-state index in [0.717, 1.165) is 18.4 Å². The molecule has 3 aromatic rings. The van der Waals surface area contributed by atoms with E-state index in [9.17, 15) is 36.0 Å². The molecule has 0 radical (unpaired) electrons. The monoisotopic (exact) mass is 643 g/mol. The van der Waals surface area contributed by atoms with Gasteiger partial charge < -0.3 is 19.5 Å². The van der Waals surface area contributed by atoms with E-state index in [4.69, 9.17) is 14.2 Å². The zero-order valence-corrected chi connectivity index (χ0v) is 25.2. The lowest BCUT2D eigenvalue weighted by atomic mass is 10.1. The second kappa shape index (κ2) is 13.9. The van der Waals surface area contributed by atoms with Gasteiger partial charge in [0.1, 0.15) is 21.3 Å². The van der Waals surface area contributed by atoms with Crippen molar-refractivity contribution in [1.82, 2.24) is 9.97 Å². The van der Waals surface area contributed by atoms with Gasteiger partial charge in [0.2, 0.25) is 20.9 Å². The number of carbonyl (C=O) groups excluding carboxylic acids is 3. The molecular weight excluding hydrogens is 615 g/mol. The van der Waals surface area contributed by atoms with Crippen molar-refractivity contribution in [2.24, 2.45) is 0 Å². The maximum atomic E-state index is 13.6. The molecule has 3 rings (SSSR count). The first-order chi connectivity index (χ1) is 20.2. The molecule has 2 aromatic heterocycles. The number of hydrogen-bond donors (Lipinski definition) is 1. The number of nitrogens with one attached hydrogen (secondary N) is 1. The molecule has 43 heavy (non-hydrogen) atoms. The quantitative estimate of drug-likeness (QED) is 0.209. The molecule has 2 heterocycles. The molecule has 1 N–H and O–H groups in total. The highest BCUT2D eigenvalue weighted by Gasteiger charge is 2.36. The van der Waals surface area contributed by atoms with Crippen molar-refractivity contribution < 1.29 is 50.2 Å². The summed E-state index contributed by atoms with van der Waals surface area (Å²) >= 11 is 0.789. The maximum absolute atomic E-state index is 13.6. The van der Waals surface area contributed by atoms with E-state index in [-0.39, 0.29) is 51.0 Å². The Hall–Kier alpha value is -4.05. The summed E-state index contributed by atoms with van der Waals surface area (Å²) in [5.74, 6) is -2.79. The Bertz CT molecular complexity index is 1620. The number of hydrogen-bond acceptors (Lipinski definition) is 11. The van der Waals surface area contributed by atoms with Crippen LogP contribution in [0, 0.1) is 6.92 Å². The van der Waals surface area contributed by atoms with Crippen LogP contribution >= 0.6 is 11.3 Å². The molecule has 232 valence electrons. The molecule has 1 amide bonds. The second-order valence-corrected chi connectivity index (χ2v) is 12.0. The third-order valence-electron chi connectivity index (χ3n) is 5.89. The normalized spacial score (nSPS) is 11.6. The number of benzene rings is 1. The Balaban J connectivity index is 1.82. The second-order valence-electron chi connectivity index (χ2n) is 8.98. The summed E-state index contributed by atoms with van der Waals surface area (Å²) in [6.07, 6.45) is -5.15. The Labute approximate surface area is 249 Å². The van der Waals surface area contributed by atoms with Gasteiger partial charge in [0.15, 0.2) is 0 Å². The van der Waals surface area contributed by atoms with E-state index >= 15 is 0 Å². The van der Waals surface area contributed by atoms with E-state index in [1.807, 2.05) is 0 Å². The fraction of sp³-hybridized carbons (Fsp3) is 0.370. The van der Waals surface area contributed by atoms with Gasteiger partial charge in [-0.2, -0.15) is 13.2 Å². The van der Waals surface area contributed by atoms with E-state index < -0.39 is 56.9 Å². The van der Waals surface area contributed by atoms with Crippen molar-refractivity contribution in [2.75, 3.05) is 31.9 Å². The fourth-order valence-electron chi connectivity index (χ4n) is 3.81. The lowest BCUT2D eigenvalue weighted by molar-refractivity contribution is -0.141. The number of carbonyl (C=O) groups is 3. The van der Waals surface area contributed by atoms with E-state index in [0.29, 0.717) is 12.5 Å². The first-order valence-electron chi connectivity index (χ1n) is 12.7. The predicted molar refractivity (Wildman–Crippen MR) is 150 cm³/mol. The molecule has 0 saturated carbocycles. The minimum absolute atomic E-state index is 0.00882. The van der Waals surface area contributed by atoms with Crippen molar-refractivity contribution >= 4 is 44.0 Å². The van der Waals surface area contributed by atoms with Crippen LogP contribution in [0.15, 0.2) is 35.5 Å². The summed E-state index contributed by atoms with van der Waals surface area (Å²) < 4.78 is 82.0. The molecule has 0 bridgehead atoms. The van der Waals surface area contributed by atoms with Crippen LogP contribution in [-0.2, 0) is 30.3 Å². The number of nitrogens with zero attached hydrogens (tertiary/aromatic N) is 2. The minimum atomic E-state index is -4.97. The number of alkyl halides is 3. The average molecular weight is 644 g/mol. The molecule has 0 saturated heterocycles. The molecule has 1 aromatic carbocycles. The molecule has 0 atom stereocenters. The van der Waals surface area contributed by atoms with E-state index in [1.54, 1.807) is 13.0 Å². The van der Waals surface area contributed by atoms with Crippen LogP contribution in [0.1, 0.15) is 57.5 Å². The summed E-state index contributed by atoms with van der Waals surface area (Å²) in [7, 11) is -2.03. The third-order valence-corrected chi connectivity index (χ3v) is 8.64. The first-order valence-corrected chi connectivity index (χ1v) is 15.2. The Morgan fingerprint density at radius 1 is 1.07 bits per heavy atom. The summed E-state index contributed by atoms with van der Waals surface area (Å²) in [4.78, 5) is 44.7. The number of sulfone groups is 1. The largest absolute Gasteiger partial charge is 0.496 e. The summed E-state index contributed by atoms with van der Waals surface area (Å²) in [5.41, 5.74) is -1.45. The highest BCUT2D eigenvalue weighted by Crippen LogP contribution is 2.36. The SMILES string of the molecule is CCCOC(=O)c1c(NC(=O)CCCS(=O)(=O)c2nc(-c3ccccc3OC)cc(C(F)(F)F)n2)sc(C(=O)OC)c1C. The number of esters is 2. The van der Waals surface area contributed by atoms with Crippen molar-refractivity contribution in [1.29, 1.82) is 0 Å². The molecule has 0 unspecified atom stereocenters. The van der Waals surface area contributed by atoms with Crippen molar-refractivity contribution in [3.05, 3.63) is 52.0 Å². The van der Waals surface area contributed by atoms with Crippen LogP contribution in [0.2, 0.25) is 0 Å². The molecule has 0 aliphatic heterocycles. The molecule has 11 nitrogen and oxygen atoms in total. The number of methoxy groups -OCH3 is 2. The van der Waals surface area contributed by atoms with Crippen molar-refractivity contribution in [2.45, 2.75) is 44.4 Å². The van der Waals surface area contributed by atoms with Gasteiger partial charge in [-0.05, 0) is 43.5 Å². The minimum Gasteiger partial charge on any atom is -0.496 e.